The molecule has 20 heavy (non-hydrogen) atoms. The summed E-state index contributed by atoms with van der Waals surface area (Å²) in [5.74, 6) is 1.20. The highest BCUT2D eigenvalue weighted by atomic mass is 32.2. The Balaban J connectivity index is 2.17. The Labute approximate surface area is 121 Å². The number of benzene rings is 2. The minimum absolute atomic E-state index is 0.448. The summed E-state index contributed by atoms with van der Waals surface area (Å²) < 4.78 is 17.4. The molecular formula is C16H15NO2S. The molecule has 2 rings (SSSR count). The van der Waals surface area contributed by atoms with E-state index in [0.717, 1.165) is 21.8 Å². The van der Waals surface area contributed by atoms with Crippen molar-refractivity contribution in [2.45, 2.75) is 17.6 Å². The molecule has 0 saturated heterocycles. The maximum absolute atomic E-state index is 12.3. The number of nitrogens with zero attached hydrogens (tertiary/aromatic N) is 1. The van der Waals surface area contributed by atoms with Gasteiger partial charge in [0.1, 0.15) is 5.75 Å². The van der Waals surface area contributed by atoms with Crippen LogP contribution in [-0.4, -0.2) is 11.3 Å². The third-order valence-corrected chi connectivity index (χ3v) is 4.45. The van der Waals surface area contributed by atoms with Crippen molar-refractivity contribution >= 4 is 10.8 Å². The molecule has 0 fully saturated rings. The average Bonchev–Trinajstić information content (AvgIpc) is 2.49. The van der Waals surface area contributed by atoms with Gasteiger partial charge in [-0.15, -0.1) is 0 Å². The zero-order valence-corrected chi connectivity index (χ0v) is 12.2. The third-order valence-electron chi connectivity index (χ3n) is 3.08. The van der Waals surface area contributed by atoms with Crippen LogP contribution < -0.4 is 4.74 Å². The highest BCUT2D eigenvalue weighted by Gasteiger charge is 2.08. The Hall–Kier alpha value is -2.12. The first kappa shape index (κ1) is 14.3. The van der Waals surface area contributed by atoms with Gasteiger partial charge in [0.05, 0.1) is 35.3 Å². The van der Waals surface area contributed by atoms with E-state index in [1.54, 1.807) is 25.3 Å². The first-order chi connectivity index (χ1) is 9.63. The summed E-state index contributed by atoms with van der Waals surface area (Å²) in [5, 5.41) is 8.84. The van der Waals surface area contributed by atoms with Crippen LogP contribution in [0.15, 0.2) is 47.4 Å². The molecule has 2 aromatic rings. The predicted molar refractivity (Wildman–Crippen MR) is 79.0 cm³/mol. The van der Waals surface area contributed by atoms with E-state index < -0.39 is 10.8 Å². The second kappa shape index (κ2) is 6.36. The molecule has 4 heteroatoms. The molecule has 0 bridgehead atoms. The van der Waals surface area contributed by atoms with E-state index in [4.69, 9.17) is 10.00 Å². The topological polar surface area (TPSA) is 50.1 Å². The lowest BCUT2D eigenvalue weighted by Gasteiger charge is -2.07. The van der Waals surface area contributed by atoms with Crippen LogP contribution >= 0.6 is 0 Å². The number of aryl methyl sites for hydroxylation is 1. The van der Waals surface area contributed by atoms with E-state index in [9.17, 15) is 4.21 Å². The second-order valence-corrected chi connectivity index (χ2v) is 5.87. The number of rotatable bonds is 4. The van der Waals surface area contributed by atoms with Crippen molar-refractivity contribution in [3.8, 4) is 11.8 Å². The lowest BCUT2D eigenvalue weighted by atomic mass is 10.1. The molecule has 0 aliphatic rings. The van der Waals surface area contributed by atoms with Crippen molar-refractivity contribution in [2.75, 3.05) is 7.11 Å². The SMILES string of the molecule is COc1ccc(S(=O)Cc2ccc(C#N)cc2C)cc1. The lowest BCUT2D eigenvalue weighted by Crippen LogP contribution is -1.99. The molecule has 0 N–H and O–H groups in total. The van der Waals surface area contributed by atoms with Gasteiger partial charge in [-0.1, -0.05) is 6.07 Å². The maximum Gasteiger partial charge on any atom is 0.118 e. The first-order valence-electron chi connectivity index (χ1n) is 6.16. The van der Waals surface area contributed by atoms with Crippen LogP contribution in [0.2, 0.25) is 0 Å². The minimum Gasteiger partial charge on any atom is -0.497 e. The first-order valence-corrected chi connectivity index (χ1v) is 7.48. The number of hydrogen-bond donors (Lipinski definition) is 0. The highest BCUT2D eigenvalue weighted by Crippen LogP contribution is 2.19. The average molecular weight is 285 g/mol. The van der Waals surface area contributed by atoms with E-state index in [2.05, 4.69) is 6.07 Å². The molecule has 1 unspecified atom stereocenters. The number of nitriles is 1. The normalized spacial score (nSPS) is 11.7. The summed E-state index contributed by atoms with van der Waals surface area (Å²) in [6.45, 7) is 1.93. The quantitative estimate of drug-likeness (QED) is 0.867. The molecular weight excluding hydrogens is 270 g/mol. The van der Waals surface area contributed by atoms with Gasteiger partial charge in [0, 0.05) is 4.90 Å². The molecule has 0 aliphatic carbocycles. The van der Waals surface area contributed by atoms with E-state index >= 15 is 0 Å². The zero-order valence-electron chi connectivity index (χ0n) is 11.4. The van der Waals surface area contributed by atoms with E-state index in [-0.39, 0.29) is 0 Å². The van der Waals surface area contributed by atoms with Crippen LogP contribution in [0.1, 0.15) is 16.7 Å². The Morgan fingerprint density at radius 1 is 1.20 bits per heavy atom. The van der Waals surface area contributed by atoms with Gasteiger partial charge < -0.3 is 4.74 Å². The van der Waals surface area contributed by atoms with Gasteiger partial charge in [-0.25, -0.2) is 0 Å². The van der Waals surface area contributed by atoms with E-state index in [1.807, 2.05) is 31.2 Å². The minimum atomic E-state index is -1.10. The van der Waals surface area contributed by atoms with Crippen LogP contribution in [-0.2, 0) is 16.6 Å². The van der Waals surface area contributed by atoms with Gasteiger partial charge in [0.25, 0.3) is 0 Å². The number of ether oxygens (including phenoxy) is 1. The predicted octanol–water partition coefficient (Wildman–Crippen LogP) is 3.18. The summed E-state index contributed by atoms with van der Waals surface area (Å²) in [5.41, 5.74) is 2.62. The summed E-state index contributed by atoms with van der Waals surface area (Å²) >= 11 is 0. The van der Waals surface area contributed by atoms with Crippen molar-refractivity contribution < 1.29 is 8.95 Å². The Morgan fingerprint density at radius 2 is 1.90 bits per heavy atom. The number of hydrogen-bond acceptors (Lipinski definition) is 3. The fourth-order valence-corrected chi connectivity index (χ4v) is 3.09. The molecule has 0 aromatic heterocycles. The molecule has 0 saturated carbocycles. The highest BCUT2D eigenvalue weighted by molar-refractivity contribution is 7.84. The van der Waals surface area contributed by atoms with Gasteiger partial charge in [-0.3, -0.25) is 4.21 Å². The molecule has 0 aliphatic heterocycles. The maximum atomic E-state index is 12.3. The van der Waals surface area contributed by atoms with Crippen molar-refractivity contribution in [3.05, 3.63) is 59.2 Å². The summed E-state index contributed by atoms with van der Waals surface area (Å²) in [4.78, 5) is 0.773. The Morgan fingerprint density at radius 3 is 2.45 bits per heavy atom. The van der Waals surface area contributed by atoms with Crippen molar-refractivity contribution in [2.24, 2.45) is 0 Å². The molecule has 1 atom stereocenters. The third kappa shape index (κ3) is 3.25. The molecule has 0 spiro atoms. The van der Waals surface area contributed by atoms with Crippen molar-refractivity contribution in [3.63, 3.8) is 0 Å². The second-order valence-electron chi connectivity index (χ2n) is 4.42. The molecule has 2 aromatic carbocycles. The van der Waals surface area contributed by atoms with E-state index in [0.29, 0.717) is 11.3 Å². The fraction of sp³-hybridized carbons (Fsp3) is 0.188. The van der Waals surface area contributed by atoms with Gasteiger partial charge in [0.2, 0.25) is 0 Å². The van der Waals surface area contributed by atoms with Crippen molar-refractivity contribution in [1.82, 2.24) is 0 Å². The van der Waals surface area contributed by atoms with Crippen LogP contribution in [0.5, 0.6) is 5.75 Å². The van der Waals surface area contributed by atoms with Gasteiger partial charge in [-0.2, -0.15) is 5.26 Å². The lowest BCUT2D eigenvalue weighted by molar-refractivity contribution is 0.414. The van der Waals surface area contributed by atoms with E-state index in [1.165, 1.54) is 0 Å². The van der Waals surface area contributed by atoms with Crippen LogP contribution in [0.25, 0.3) is 0 Å². The number of methoxy groups -OCH3 is 1. The van der Waals surface area contributed by atoms with Gasteiger partial charge >= 0.3 is 0 Å². The monoisotopic (exact) mass is 285 g/mol. The summed E-state index contributed by atoms with van der Waals surface area (Å²) in [7, 11) is 0.501. The zero-order chi connectivity index (χ0) is 14.5. The Kier molecular flexibility index (Phi) is 4.54. The van der Waals surface area contributed by atoms with Gasteiger partial charge in [0.15, 0.2) is 0 Å². The summed E-state index contributed by atoms with van der Waals surface area (Å²) in [6, 6.07) is 14.8. The Bertz CT molecular complexity index is 672. The van der Waals surface area contributed by atoms with Crippen LogP contribution in [0.3, 0.4) is 0 Å². The standard InChI is InChI=1S/C16H15NO2S/c1-12-9-13(10-17)3-4-14(12)11-20(18)16-7-5-15(19-2)6-8-16/h3-9H,11H2,1-2H3. The largest absolute Gasteiger partial charge is 0.497 e. The smallest absolute Gasteiger partial charge is 0.118 e. The molecule has 102 valence electrons. The van der Waals surface area contributed by atoms with Crippen LogP contribution in [0, 0.1) is 18.3 Å². The molecule has 0 amide bonds. The fourth-order valence-electron chi connectivity index (χ4n) is 1.88. The molecule has 3 nitrogen and oxygen atoms in total. The van der Waals surface area contributed by atoms with Crippen LogP contribution in [0.4, 0.5) is 0 Å². The molecule has 0 radical (unpaired) electrons. The summed E-state index contributed by atoms with van der Waals surface area (Å²) in [6.07, 6.45) is 0. The van der Waals surface area contributed by atoms with Crippen molar-refractivity contribution in [1.29, 1.82) is 5.26 Å². The molecule has 0 heterocycles. The van der Waals surface area contributed by atoms with Gasteiger partial charge in [-0.05, 0) is 54.4 Å².